The first-order valence-electron chi connectivity index (χ1n) is 17.4. The van der Waals surface area contributed by atoms with E-state index in [0.717, 1.165) is 69.8 Å². The van der Waals surface area contributed by atoms with E-state index < -0.39 is 13.0 Å². The van der Waals surface area contributed by atoms with Gasteiger partial charge < -0.3 is 9.47 Å². The average molecular weight is 659 g/mol. The minimum atomic E-state index is -1.88. The molecule has 0 bridgehead atoms. The van der Waals surface area contributed by atoms with Gasteiger partial charge in [-0.1, -0.05) is 99.3 Å². The SMILES string of the molecule is CCCCC1(CCCC)C[C@@H](COCc2cn(CCC[P+](c3ccccc3)(c3ccccc3)c3ccccc3)nn2)[C@@](C)(OC)OO1. The van der Waals surface area contributed by atoms with Gasteiger partial charge in [0.15, 0.2) is 0 Å². The van der Waals surface area contributed by atoms with Gasteiger partial charge in [0.05, 0.1) is 25.6 Å². The van der Waals surface area contributed by atoms with Crippen LogP contribution in [0.25, 0.3) is 0 Å². The zero-order valence-corrected chi connectivity index (χ0v) is 29.6. The van der Waals surface area contributed by atoms with Crippen LogP contribution in [0.5, 0.6) is 0 Å². The van der Waals surface area contributed by atoms with Gasteiger partial charge in [-0.15, -0.1) is 5.10 Å². The van der Waals surface area contributed by atoms with Gasteiger partial charge >= 0.3 is 0 Å². The fraction of sp³-hybridized carbons (Fsp3) is 0.487. The van der Waals surface area contributed by atoms with Crippen molar-refractivity contribution < 1.29 is 19.2 Å². The summed E-state index contributed by atoms with van der Waals surface area (Å²) < 4.78 is 14.1. The lowest BCUT2D eigenvalue weighted by Crippen LogP contribution is -2.54. The van der Waals surface area contributed by atoms with Gasteiger partial charge in [-0.05, 0) is 62.6 Å². The largest absolute Gasteiger partial charge is 0.375 e. The summed E-state index contributed by atoms with van der Waals surface area (Å²) >= 11 is 0. The Labute approximate surface area is 282 Å². The average Bonchev–Trinajstić information content (AvgIpc) is 3.58. The molecule has 0 saturated carbocycles. The lowest BCUT2D eigenvalue weighted by atomic mass is 9.79. The van der Waals surface area contributed by atoms with Gasteiger partial charge in [0.1, 0.15) is 34.5 Å². The Balaban J connectivity index is 1.24. The molecule has 5 rings (SSSR count). The summed E-state index contributed by atoms with van der Waals surface area (Å²) in [5.41, 5.74) is 0.536. The molecule has 1 saturated heterocycles. The normalized spacial score (nSPS) is 19.5. The second kappa shape index (κ2) is 16.9. The number of benzene rings is 3. The van der Waals surface area contributed by atoms with Crippen LogP contribution in [0.3, 0.4) is 0 Å². The van der Waals surface area contributed by atoms with Crippen molar-refractivity contribution in [2.45, 2.75) is 96.7 Å². The molecule has 4 aromatic rings. The Morgan fingerprint density at radius 3 is 1.87 bits per heavy atom. The maximum atomic E-state index is 6.28. The molecule has 252 valence electrons. The Kier molecular flexibility index (Phi) is 12.8. The van der Waals surface area contributed by atoms with Gasteiger partial charge in [0.2, 0.25) is 5.79 Å². The van der Waals surface area contributed by atoms with Crippen LogP contribution < -0.4 is 15.9 Å². The third-order valence-corrected chi connectivity index (χ3v) is 14.3. The van der Waals surface area contributed by atoms with Gasteiger partial charge in [0, 0.05) is 26.0 Å². The first-order chi connectivity index (χ1) is 23.0. The molecule has 1 aliphatic heterocycles. The maximum Gasteiger partial charge on any atom is 0.203 e. The van der Waals surface area contributed by atoms with E-state index in [1.165, 1.54) is 15.9 Å². The number of aryl methyl sites for hydroxylation is 1. The van der Waals surface area contributed by atoms with Crippen LogP contribution in [0, 0.1) is 5.92 Å². The van der Waals surface area contributed by atoms with Crippen LogP contribution in [0.15, 0.2) is 97.2 Å². The van der Waals surface area contributed by atoms with Gasteiger partial charge in [-0.2, -0.15) is 0 Å². The molecule has 8 heteroatoms. The molecule has 0 amide bonds. The summed E-state index contributed by atoms with van der Waals surface area (Å²) in [6, 6.07) is 33.1. The number of rotatable bonds is 18. The van der Waals surface area contributed by atoms with E-state index in [4.69, 9.17) is 19.2 Å². The van der Waals surface area contributed by atoms with Gasteiger partial charge in [-0.25, -0.2) is 9.78 Å². The van der Waals surface area contributed by atoms with Crippen molar-refractivity contribution in [1.29, 1.82) is 0 Å². The standard InChI is InChI=1S/C39H53N3O4P/c1-5-7-25-39(26-8-6-2)29-33(38(3,43-4)45-46-39)31-44-32-34-30-42(41-40-34)27-18-28-47(35-19-12-9-13-20-35,36-21-14-10-15-22-36)37-23-16-11-17-24-37/h9-17,19-24,30,33H,5-8,18,25-29,31-32H2,1-4H3/q+1/t33-,38-/m0/s1. The molecule has 0 spiro atoms. The number of unbranched alkanes of at least 4 members (excludes halogenated alkanes) is 2. The number of ether oxygens (including phenoxy) is 2. The summed E-state index contributed by atoms with van der Waals surface area (Å²) in [4.78, 5) is 12.1. The van der Waals surface area contributed by atoms with Crippen LogP contribution in [-0.4, -0.2) is 46.3 Å². The van der Waals surface area contributed by atoms with Crippen molar-refractivity contribution in [3.63, 3.8) is 0 Å². The van der Waals surface area contributed by atoms with Gasteiger partial charge in [-0.3, -0.25) is 4.68 Å². The highest BCUT2D eigenvalue weighted by Crippen LogP contribution is 2.55. The van der Waals surface area contributed by atoms with Crippen LogP contribution in [0.4, 0.5) is 0 Å². The molecule has 47 heavy (non-hydrogen) atoms. The second-order valence-electron chi connectivity index (χ2n) is 13.1. The highest BCUT2D eigenvalue weighted by molar-refractivity contribution is 7.95. The van der Waals surface area contributed by atoms with Crippen LogP contribution >= 0.6 is 7.26 Å². The molecule has 2 heterocycles. The van der Waals surface area contributed by atoms with E-state index in [0.29, 0.717) is 13.2 Å². The van der Waals surface area contributed by atoms with Crippen LogP contribution in [0.1, 0.15) is 77.8 Å². The van der Waals surface area contributed by atoms with Crippen LogP contribution in [-0.2, 0) is 32.4 Å². The summed E-state index contributed by atoms with van der Waals surface area (Å²) in [6.07, 6.45) is 11.3. The molecule has 1 aliphatic rings. The quantitative estimate of drug-likeness (QED) is 0.0809. The Hall–Kier alpha value is -2.93. The smallest absolute Gasteiger partial charge is 0.203 e. The highest BCUT2D eigenvalue weighted by atomic mass is 31.2. The van der Waals surface area contributed by atoms with Crippen molar-refractivity contribution >= 4 is 23.2 Å². The lowest BCUT2D eigenvalue weighted by molar-refractivity contribution is -0.502. The van der Waals surface area contributed by atoms with E-state index in [9.17, 15) is 0 Å². The van der Waals surface area contributed by atoms with E-state index in [1.54, 1.807) is 7.11 Å². The third kappa shape index (κ3) is 8.57. The molecule has 2 atom stereocenters. The Morgan fingerprint density at radius 2 is 1.36 bits per heavy atom. The lowest BCUT2D eigenvalue weighted by Gasteiger charge is -2.47. The first-order valence-corrected chi connectivity index (χ1v) is 19.4. The molecule has 0 radical (unpaired) electrons. The zero-order chi connectivity index (χ0) is 33.0. The molecular formula is C39H53N3O4P+. The predicted octanol–water partition coefficient (Wildman–Crippen LogP) is 7.63. The van der Waals surface area contributed by atoms with E-state index in [-0.39, 0.29) is 11.5 Å². The number of methoxy groups -OCH3 is 1. The minimum absolute atomic E-state index is 0.0380. The maximum absolute atomic E-state index is 6.28. The topological polar surface area (TPSA) is 67.6 Å². The fourth-order valence-electron chi connectivity index (χ4n) is 6.90. The molecule has 0 unspecified atom stereocenters. The summed E-state index contributed by atoms with van der Waals surface area (Å²) in [5.74, 6) is -0.818. The van der Waals surface area contributed by atoms with Crippen molar-refractivity contribution in [2.75, 3.05) is 19.9 Å². The highest BCUT2D eigenvalue weighted by Gasteiger charge is 2.50. The van der Waals surface area contributed by atoms with E-state index in [2.05, 4.69) is 115 Å². The Morgan fingerprint density at radius 1 is 0.809 bits per heavy atom. The van der Waals surface area contributed by atoms with Crippen LogP contribution in [0.2, 0.25) is 0 Å². The molecule has 0 N–H and O–H groups in total. The number of aromatic nitrogens is 3. The zero-order valence-electron chi connectivity index (χ0n) is 28.7. The number of hydrogen-bond acceptors (Lipinski definition) is 6. The first kappa shape index (κ1) is 35.4. The third-order valence-electron chi connectivity index (χ3n) is 9.75. The summed E-state index contributed by atoms with van der Waals surface area (Å²) in [7, 11) is -0.200. The molecule has 7 nitrogen and oxygen atoms in total. The van der Waals surface area contributed by atoms with Crippen molar-refractivity contribution in [3.05, 3.63) is 103 Å². The van der Waals surface area contributed by atoms with Crippen molar-refractivity contribution in [2.24, 2.45) is 5.92 Å². The molecule has 1 fully saturated rings. The molecular weight excluding hydrogens is 605 g/mol. The summed E-state index contributed by atoms with van der Waals surface area (Å²) in [5, 5.41) is 13.2. The molecule has 1 aromatic heterocycles. The number of hydrogen-bond donors (Lipinski definition) is 0. The Bertz CT molecular complexity index is 1360. The van der Waals surface area contributed by atoms with Gasteiger partial charge in [0.25, 0.3) is 0 Å². The van der Waals surface area contributed by atoms with Crippen molar-refractivity contribution in [1.82, 2.24) is 15.0 Å². The summed E-state index contributed by atoms with van der Waals surface area (Å²) in [6.45, 7) is 8.07. The van der Waals surface area contributed by atoms with Crippen molar-refractivity contribution in [3.8, 4) is 0 Å². The molecule has 3 aromatic carbocycles. The minimum Gasteiger partial charge on any atom is -0.375 e. The monoisotopic (exact) mass is 658 g/mol. The van der Waals surface area contributed by atoms with E-state index in [1.807, 2.05) is 17.8 Å². The fourth-order valence-corrected chi connectivity index (χ4v) is 11.2. The second-order valence-corrected chi connectivity index (χ2v) is 16.7. The molecule has 0 aliphatic carbocycles. The van der Waals surface area contributed by atoms with E-state index >= 15 is 0 Å². The predicted molar refractivity (Wildman–Crippen MR) is 192 cm³/mol. The number of nitrogens with zero attached hydrogens (tertiary/aromatic N) is 3.